The number of carbonyl (C=O) groups is 1. The van der Waals surface area contributed by atoms with Crippen molar-refractivity contribution in [2.75, 3.05) is 7.11 Å². The average Bonchev–Trinajstić information content (AvgIpc) is 2.28. The Balaban J connectivity index is 2.76. The Morgan fingerprint density at radius 3 is 2.56 bits per heavy atom. The number of ether oxygens (including phenoxy) is 1. The lowest BCUT2D eigenvalue weighted by atomic mass is 9.94. The average molecular weight is 221 g/mol. The summed E-state index contributed by atoms with van der Waals surface area (Å²) in [6.07, 6.45) is 0.382. The van der Waals surface area contributed by atoms with Gasteiger partial charge in [0.15, 0.2) is 0 Å². The monoisotopic (exact) mass is 221 g/mol. The second-order valence-electron chi connectivity index (χ2n) is 4.10. The van der Waals surface area contributed by atoms with Gasteiger partial charge in [-0.15, -0.1) is 0 Å². The van der Waals surface area contributed by atoms with E-state index < -0.39 is 0 Å². The summed E-state index contributed by atoms with van der Waals surface area (Å²) in [6.45, 7) is 3.72. The van der Waals surface area contributed by atoms with Crippen LogP contribution >= 0.6 is 0 Å². The first-order chi connectivity index (χ1) is 7.56. The molecule has 88 valence electrons. The van der Waals surface area contributed by atoms with Crippen LogP contribution in [0.2, 0.25) is 0 Å². The van der Waals surface area contributed by atoms with Crippen molar-refractivity contribution in [2.24, 2.45) is 11.7 Å². The molecule has 0 saturated carbocycles. The maximum absolute atomic E-state index is 11.9. The number of Topliss-reactive ketones (excluding diaryl/α,β-unsaturated/α-hetero) is 1. The third-order valence-corrected chi connectivity index (χ3v) is 2.85. The summed E-state index contributed by atoms with van der Waals surface area (Å²) >= 11 is 0. The Labute approximate surface area is 96.6 Å². The summed E-state index contributed by atoms with van der Waals surface area (Å²) < 4.78 is 5.20. The van der Waals surface area contributed by atoms with E-state index in [1.165, 1.54) is 0 Å². The number of hydrogen-bond donors (Lipinski definition) is 1. The Morgan fingerprint density at radius 1 is 1.38 bits per heavy atom. The minimum absolute atomic E-state index is 0.109. The maximum Gasteiger partial charge on any atom is 0.141 e. The molecule has 0 aliphatic heterocycles. The van der Waals surface area contributed by atoms with Crippen LogP contribution in [-0.4, -0.2) is 18.9 Å². The Morgan fingerprint density at radius 2 is 2.00 bits per heavy atom. The number of ketones is 1. The summed E-state index contributed by atoms with van der Waals surface area (Å²) in [5, 5.41) is 0. The van der Waals surface area contributed by atoms with Gasteiger partial charge in [0.05, 0.1) is 7.11 Å². The minimum atomic E-state index is -0.120. The fourth-order valence-corrected chi connectivity index (χ4v) is 1.49. The molecule has 0 saturated heterocycles. The summed E-state index contributed by atoms with van der Waals surface area (Å²) in [7, 11) is 1.61. The molecular formula is C13H19NO2. The molecule has 0 radical (unpaired) electrons. The van der Waals surface area contributed by atoms with Gasteiger partial charge in [-0.05, 0) is 13.0 Å². The molecular weight excluding hydrogens is 202 g/mol. The molecule has 0 amide bonds. The quantitative estimate of drug-likeness (QED) is 0.824. The van der Waals surface area contributed by atoms with Crippen LogP contribution in [-0.2, 0) is 11.2 Å². The zero-order valence-electron chi connectivity index (χ0n) is 10.1. The molecule has 2 unspecified atom stereocenters. The normalized spacial score (nSPS) is 14.2. The van der Waals surface area contributed by atoms with Crippen LogP contribution in [0.15, 0.2) is 24.3 Å². The molecule has 0 fully saturated rings. The molecule has 0 spiro atoms. The van der Waals surface area contributed by atoms with Crippen molar-refractivity contribution in [3.05, 3.63) is 29.8 Å². The molecule has 1 aromatic rings. The predicted molar refractivity (Wildman–Crippen MR) is 64.5 cm³/mol. The highest BCUT2D eigenvalue weighted by molar-refractivity contribution is 5.84. The summed E-state index contributed by atoms with van der Waals surface area (Å²) in [5.74, 6) is 0.789. The second-order valence-corrected chi connectivity index (χ2v) is 4.10. The highest BCUT2D eigenvalue weighted by Crippen LogP contribution is 2.19. The first-order valence-corrected chi connectivity index (χ1v) is 5.46. The summed E-state index contributed by atoms with van der Waals surface area (Å²) in [5.41, 5.74) is 6.63. The van der Waals surface area contributed by atoms with E-state index in [1.54, 1.807) is 7.11 Å². The molecule has 0 aliphatic rings. The van der Waals surface area contributed by atoms with Gasteiger partial charge in [-0.25, -0.2) is 0 Å². The number of hydrogen-bond acceptors (Lipinski definition) is 3. The van der Waals surface area contributed by atoms with Crippen LogP contribution in [0.4, 0.5) is 0 Å². The number of rotatable bonds is 5. The van der Waals surface area contributed by atoms with Gasteiger partial charge in [0, 0.05) is 23.9 Å². The van der Waals surface area contributed by atoms with E-state index in [-0.39, 0.29) is 17.7 Å². The first kappa shape index (κ1) is 12.7. The van der Waals surface area contributed by atoms with Gasteiger partial charge in [0.1, 0.15) is 11.5 Å². The second kappa shape index (κ2) is 5.66. The van der Waals surface area contributed by atoms with Crippen molar-refractivity contribution in [3.8, 4) is 5.75 Å². The van der Waals surface area contributed by atoms with Crippen LogP contribution in [0.1, 0.15) is 19.4 Å². The smallest absolute Gasteiger partial charge is 0.141 e. The van der Waals surface area contributed by atoms with Crippen LogP contribution < -0.4 is 10.5 Å². The van der Waals surface area contributed by atoms with Crippen LogP contribution in [0.25, 0.3) is 0 Å². The standard InChI is InChI=1S/C13H19NO2/c1-9(10(2)14)12(15)8-11-6-4-5-7-13(11)16-3/h4-7,9-10H,8,14H2,1-3H3. The zero-order chi connectivity index (χ0) is 12.1. The topological polar surface area (TPSA) is 52.3 Å². The zero-order valence-corrected chi connectivity index (χ0v) is 10.1. The van der Waals surface area contributed by atoms with Crippen molar-refractivity contribution in [3.63, 3.8) is 0 Å². The maximum atomic E-state index is 11.9. The van der Waals surface area contributed by atoms with E-state index in [1.807, 2.05) is 38.1 Å². The predicted octanol–water partition coefficient (Wildman–Crippen LogP) is 1.79. The Hall–Kier alpha value is -1.35. The third-order valence-electron chi connectivity index (χ3n) is 2.85. The van der Waals surface area contributed by atoms with Gasteiger partial charge in [0.2, 0.25) is 0 Å². The molecule has 2 atom stereocenters. The Bertz CT molecular complexity index is 361. The SMILES string of the molecule is COc1ccccc1CC(=O)C(C)C(C)N. The lowest BCUT2D eigenvalue weighted by Gasteiger charge is -2.15. The molecule has 3 nitrogen and oxygen atoms in total. The van der Waals surface area contributed by atoms with Crippen LogP contribution in [0, 0.1) is 5.92 Å². The molecule has 0 aromatic heterocycles. The van der Waals surface area contributed by atoms with E-state index in [0.717, 1.165) is 11.3 Å². The van der Waals surface area contributed by atoms with E-state index in [2.05, 4.69) is 0 Å². The van der Waals surface area contributed by atoms with Gasteiger partial charge in [-0.2, -0.15) is 0 Å². The summed E-state index contributed by atoms with van der Waals surface area (Å²) in [4.78, 5) is 11.9. The highest BCUT2D eigenvalue weighted by atomic mass is 16.5. The van der Waals surface area contributed by atoms with Gasteiger partial charge < -0.3 is 10.5 Å². The summed E-state index contributed by atoms with van der Waals surface area (Å²) in [6, 6.07) is 7.45. The minimum Gasteiger partial charge on any atom is -0.496 e. The molecule has 0 aliphatic carbocycles. The van der Waals surface area contributed by atoms with Crippen molar-refractivity contribution in [1.82, 2.24) is 0 Å². The van der Waals surface area contributed by atoms with Gasteiger partial charge in [-0.1, -0.05) is 25.1 Å². The van der Waals surface area contributed by atoms with Crippen molar-refractivity contribution in [2.45, 2.75) is 26.3 Å². The fourth-order valence-electron chi connectivity index (χ4n) is 1.49. The van der Waals surface area contributed by atoms with Gasteiger partial charge in [-0.3, -0.25) is 4.79 Å². The molecule has 0 heterocycles. The number of benzene rings is 1. The molecule has 2 N–H and O–H groups in total. The highest BCUT2D eigenvalue weighted by Gasteiger charge is 2.18. The van der Waals surface area contributed by atoms with Crippen molar-refractivity contribution in [1.29, 1.82) is 0 Å². The number of para-hydroxylation sites is 1. The third kappa shape index (κ3) is 3.07. The molecule has 3 heteroatoms. The van der Waals surface area contributed by atoms with E-state index in [4.69, 9.17) is 10.5 Å². The molecule has 16 heavy (non-hydrogen) atoms. The number of methoxy groups -OCH3 is 1. The number of carbonyl (C=O) groups excluding carboxylic acids is 1. The van der Waals surface area contributed by atoms with E-state index in [9.17, 15) is 4.79 Å². The van der Waals surface area contributed by atoms with Crippen LogP contribution in [0.5, 0.6) is 5.75 Å². The Kier molecular flexibility index (Phi) is 4.50. The lowest BCUT2D eigenvalue weighted by Crippen LogP contribution is -2.31. The number of nitrogens with two attached hydrogens (primary N) is 1. The molecule has 1 rings (SSSR count). The van der Waals surface area contributed by atoms with Crippen LogP contribution in [0.3, 0.4) is 0 Å². The van der Waals surface area contributed by atoms with E-state index in [0.29, 0.717) is 6.42 Å². The fraction of sp³-hybridized carbons (Fsp3) is 0.462. The van der Waals surface area contributed by atoms with Crippen molar-refractivity contribution < 1.29 is 9.53 Å². The first-order valence-electron chi connectivity index (χ1n) is 5.46. The lowest BCUT2D eigenvalue weighted by molar-refractivity contribution is -0.122. The van der Waals surface area contributed by atoms with Gasteiger partial charge in [0.25, 0.3) is 0 Å². The molecule has 1 aromatic carbocycles. The van der Waals surface area contributed by atoms with Crippen molar-refractivity contribution >= 4 is 5.78 Å². The van der Waals surface area contributed by atoms with Gasteiger partial charge >= 0.3 is 0 Å². The van der Waals surface area contributed by atoms with E-state index >= 15 is 0 Å². The largest absolute Gasteiger partial charge is 0.496 e. The molecule has 0 bridgehead atoms.